The van der Waals surface area contributed by atoms with Crippen molar-refractivity contribution in [2.75, 3.05) is 0 Å². The average molecular weight is 278 g/mol. The first-order valence-corrected chi connectivity index (χ1v) is 6.61. The Balaban J connectivity index is 2.55. The summed E-state index contributed by atoms with van der Waals surface area (Å²) in [6, 6.07) is 9.26. The van der Waals surface area contributed by atoms with Gasteiger partial charge in [0.2, 0.25) is 0 Å². The molecule has 2 aromatic rings. The molecule has 0 radical (unpaired) electrons. The molecule has 3 nitrogen and oxygen atoms in total. The van der Waals surface area contributed by atoms with Gasteiger partial charge in [-0.2, -0.15) is 0 Å². The van der Waals surface area contributed by atoms with Crippen LogP contribution in [0.4, 0.5) is 0 Å². The van der Waals surface area contributed by atoms with Crippen LogP contribution in [0.15, 0.2) is 30.3 Å². The Hall–Kier alpha value is -1.74. The van der Waals surface area contributed by atoms with E-state index >= 15 is 0 Å². The maximum absolute atomic E-state index is 11.2. The van der Waals surface area contributed by atoms with Gasteiger partial charge in [-0.05, 0) is 42.7 Å². The van der Waals surface area contributed by atoms with Crippen molar-refractivity contribution in [1.29, 1.82) is 0 Å². The monoisotopic (exact) mass is 277 g/mol. The molecule has 0 spiro atoms. The van der Waals surface area contributed by atoms with Crippen LogP contribution in [0.5, 0.6) is 0 Å². The lowest BCUT2D eigenvalue weighted by atomic mass is 10.1. The van der Waals surface area contributed by atoms with E-state index in [1.807, 2.05) is 42.7 Å². The molecule has 1 aromatic heterocycles. The Morgan fingerprint density at radius 1 is 1.32 bits per heavy atom. The summed E-state index contributed by atoms with van der Waals surface area (Å²) in [5, 5.41) is 9.90. The van der Waals surface area contributed by atoms with Gasteiger partial charge in [0.25, 0.3) is 0 Å². The molecule has 1 heterocycles. The van der Waals surface area contributed by atoms with Gasteiger partial charge in [-0.15, -0.1) is 0 Å². The molecule has 0 aliphatic heterocycles. The quantitative estimate of drug-likeness (QED) is 0.909. The van der Waals surface area contributed by atoms with Crippen LogP contribution in [-0.2, 0) is 6.54 Å². The maximum Gasteiger partial charge on any atom is 0.352 e. The van der Waals surface area contributed by atoms with Crippen LogP contribution < -0.4 is 0 Å². The first-order valence-electron chi connectivity index (χ1n) is 6.24. The molecule has 0 saturated carbocycles. The van der Waals surface area contributed by atoms with Crippen LogP contribution in [-0.4, -0.2) is 15.6 Å². The van der Waals surface area contributed by atoms with Gasteiger partial charge >= 0.3 is 5.97 Å². The molecule has 0 fully saturated rings. The molecule has 0 atom stereocenters. The summed E-state index contributed by atoms with van der Waals surface area (Å²) in [4.78, 5) is 11.2. The van der Waals surface area contributed by atoms with E-state index in [4.69, 9.17) is 11.6 Å². The lowest BCUT2D eigenvalue weighted by Gasteiger charge is -2.11. The van der Waals surface area contributed by atoms with Crippen LogP contribution in [0, 0.1) is 6.92 Å². The zero-order valence-corrected chi connectivity index (χ0v) is 11.7. The summed E-state index contributed by atoms with van der Waals surface area (Å²) in [5.41, 5.74) is 3.16. The first-order chi connectivity index (χ1) is 9.04. The van der Waals surface area contributed by atoms with Crippen LogP contribution in [0.25, 0.3) is 11.3 Å². The fourth-order valence-corrected chi connectivity index (χ4v) is 2.30. The highest BCUT2D eigenvalue weighted by atomic mass is 35.5. The summed E-state index contributed by atoms with van der Waals surface area (Å²) in [7, 11) is 0. The van der Waals surface area contributed by atoms with E-state index < -0.39 is 5.97 Å². The molecule has 2 rings (SSSR count). The molecule has 0 aliphatic rings. The smallest absolute Gasteiger partial charge is 0.352 e. The van der Waals surface area contributed by atoms with Crippen molar-refractivity contribution in [3.05, 3.63) is 46.6 Å². The summed E-state index contributed by atoms with van der Waals surface area (Å²) < 4.78 is 1.82. The third kappa shape index (κ3) is 2.66. The number of carbonyl (C=O) groups is 1. The first kappa shape index (κ1) is 13.7. The fourth-order valence-electron chi connectivity index (χ4n) is 2.12. The molecule has 0 amide bonds. The zero-order chi connectivity index (χ0) is 14.0. The minimum absolute atomic E-state index is 0.313. The normalized spacial score (nSPS) is 10.7. The van der Waals surface area contributed by atoms with Crippen molar-refractivity contribution in [3.63, 3.8) is 0 Å². The topological polar surface area (TPSA) is 42.2 Å². The van der Waals surface area contributed by atoms with Crippen molar-refractivity contribution in [2.45, 2.75) is 26.8 Å². The van der Waals surface area contributed by atoms with E-state index in [-0.39, 0.29) is 0 Å². The van der Waals surface area contributed by atoms with E-state index in [1.165, 1.54) is 0 Å². The average Bonchev–Trinajstić information content (AvgIpc) is 2.77. The van der Waals surface area contributed by atoms with Crippen molar-refractivity contribution >= 4 is 17.6 Å². The lowest BCUT2D eigenvalue weighted by molar-refractivity contribution is 0.0685. The molecule has 0 bridgehead atoms. The number of hydrogen-bond acceptors (Lipinski definition) is 1. The minimum atomic E-state index is -0.905. The standard InChI is InChI=1S/C15H16ClNO2/c1-3-8-17-13(6-7-14(17)15(18)19)11-5-4-10(2)12(16)9-11/h4-7,9H,3,8H2,1-2H3,(H,18,19). The number of halogens is 1. The summed E-state index contributed by atoms with van der Waals surface area (Å²) in [5.74, 6) is -0.905. The fraction of sp³-hybridized carbons (Fsp3) is 0.267. The van der Waals surface area contributed by atoms with Crippen LogP contribution in [0.3, 0.4) is 0 Å². The number of nitrogens with zero attached hydrogens (tertiary/aromatic N) is 1. The highest BCUT2D eigenvalue weighted by Gasteiger charge is 2.14. The highest BCUT2D eigenvalue weighted by molar-refractivity contribution is 6.31. The molecule has 0 saturated heterocycles. The van der Waals surface area contributed by atoms with Crippen LogP contribution >= 0.6 is 11.6 Å². The predicted molar refractivity (Wildman–Crippen MR) is 76.9 cm³/mol. The van der Waals surface area contributed by atoms with E-state index in [1.54, 1.807) is 6.07 Å². The Labute approximate surface area is 117 Å². The second kappa shape index (κ2) is 5.49. The Bertz CT molecular complexity index is 617. The van der Waals surface area contributed by atoms with E-state index in [0.717, 1.165) is 23.2 Å². The number of rotatable bonds is 4. The van der Waals surface area contributed by atoms with Gasteiger partial charge in [0.1, 0.15) is 5.69 Å². The Kier molecular flexibility index (Phi) is 3.96. The van der Waals surface area contributed by atoms with Crippen LogP contribution in [0.2, 0.25) is 5.02 Å². The SMILES string of the molecule is CCCn1c(C(=O)O)ccc1-c1ccc(C)c(Cl)c1. The highest BCUT2D eigenvalue weighted by Crippen LogP contribution is 2.27. The number of aromatic carboxylic acids is 1. The third-order valence-electron chi connectivity index (χ3n) is 3.11. The number of carboxylic acids is 1. The molecule has 0 aliphatic carbocycles. The number of benzene rings is 1. The van der Waals surface area contributed by atoms with Gasteiger partial charge in [0.05, 0.1) is 0 Å². The number of hydrogen-bond donors (Lipinski definition) is 1. The summed E-state index contributed by atoms with van der Waals surface area (Å²) in [6.45, 7) is 4.65. The predicted octanol–water partition coefficient (Wildman–Crippen LogP) is 4.23. The van der Waals surface area contributed by atoms with Crippen molar-refractivity contribution in [3.8, 4) is 11.3 Å². The molecular formula is C15H16ClNO2. The molecule has 100 valence electrons. The van der Waals surface area contributed by atoms with E-state index in [2.05, 4.69) is 0 Å². The van der Waals surface area contributed by atoms with Gasteiger partial charge < -0.3 is 9.67 Å². The van der Waals surface area contributed by atoms with Crippen molar-refractivity contribution in [1.82, 2.24) is 4.57 Å². The van der Waals surface area contributed by atoms with E-state index in [0.29, 0.717) is 17.3 Å². The summed E-state index contributed by atoms with van der Waals surface area (Å²) >= 11 is 6.14. The minimum Gasteiger partial charge on any atom is -0.477 e. The van der Waals surface area contributed by atoms with Crippen molar-refractivity contribution in [2.24, 2.45) is 0 Å². The molecular weight excluding hydrogens is 262 g/mol. The van der Waals surface area contributed by atoms with Gasteiger partial charge in [-0.1, -0.05) is 30.7 Å². The van der Waals surface area contributed by atoms with E-state index in [9.17, 15) is 9.90 Å². The van der Waals surface area contributed by atoms with Gasteiger partial charge in [0.15, 0.2) is 0 Å². The number of carboxylic acid groups (broad SMARTS) is 1. The Morgan fingerprint density at radius 3 is 2.63 bits per heavy atom. The molecule has 0 unspecified atom stereocenters. The van der Waals surface area contributed by atoms with Gasteiger partial charge in [-0.25, -0.2) is 4.79 Å². The number of aryl methyl sites for hydroxylation is 1. The molecule has 1 aromatic carbocycles. The largest absolute Gasteiger partial charge is 0.477 e. The summed E-state index contributed by atoms with van der Waals surface area (Å²) in [6.07, 6.45) is 0.877. The zero-order valence-electron chi connectivity index (χ0n) is 11.0. The maximum atomic E-state index is 11.2. The van der Waals surface area contributed by atoms with Gasteiger partial charge in [0, 0.05) is 17.3 Å². The second-order valence-corrected chi connectivity index (χ2v) is 4.93. The Morgan fingerprint density at radius 2 is 2.05 bits per heavy atom. The molecule has 4 heteroatoms. The van der Waals surface area contributed by atoms with Gasteiger partial charge in [-0.3, -0.25) is 0 Å². The second-order valence-electron chi connectivity index (χ2n) is 4.52. The number of aromatic nitrogens is 1. The molecule has 19 heavy (non-hydrogen) atoms. The lowest BCUT2D eigenvalue weighted by Crippen LogP contribution is -2.09. The van der Waals surface area contributed by atoms with Crippen molar-refractivity contribution < 1.29 is 9.90 Å². The molecule has 1 N–H and O–H groups in total. The third-order valence-corrected chi connectivity index (χ3v) is 3.52. The van der Waals surface area contributed by atoms with Crippen LogP contribution in [0.1, 0.15) is 29.4 Å².